The number of carbonyl (C=O) groups is 5. The van der Waals surface area contributed by atoms with Crippen molar-refractivity contribution in [3.05, 3.63) is 29.8 Å². The van der Waals surface area contributed by atoms with Crippen molar-refractivity contribution >= 4 is 51.0 Å². The van der Waals surface area contributed by atoms with Crippen LogP contribution in [0.25, 0.3) is 0 Å². The number of amides is 4. The van der Waals surface area contributed by atoms with E-state index in [2.05, 4.69) is 5.32 Å². The molecule has 258 valence electrons. The Balaban J connectivity index is 2.39. The number of carboxylic acid groups (broad SMARTS) is 4. The summed E-state index contributed by atoms with van der Waals surface area (Å²) in [5.74, 6) is -2.35. The molecule has 20 nitrogen and oxygen atoms in total. The lowest BCUT2D eigenvalue weighted by molar-refractivity contribution is -0.139. The number of nitrogens with zero attached hydrogens (tertiary/aromatic N) is 4. The van der Waals surface area contributed by atoms with Crippen LogP contribution in [0.15, 0.2) is 24.3 Å². The Morgan fingerprint density at radius 3 is 1.70 bits per heavy atom. The van der Waals surface area contributed by atoms with Crippen molar-refractivity contribution in [2.24, 2.45) is 0 Å². The number of hydrogen-bond acceptors (Lipinski definition) is 8. The summed E-state index contributed by atoms with van der Waals surface area (Å²) in [7, 11) is -10.7. The van der Waals surface area contributed by atoms with Crippen molar-refractivity contribution in [1.29, 1.82) is 0 Å². The van der Waals surface area contributed by atoms with Crippen molar-refractivity contribution in [2.75, 3.05) is 51.1 Å². The molecule has 1 saturated heterocycles. The third kappa shape index (κ3) is 11.5. The van der Waals surface area contributed by atoms with Gasteiger partial charge >= 0.3 is 39.4 Å². The highest BCUT2D eigenvalue weighted by Crippen LogP contribution is 2.61. The minimum atomic E-state index is -5.34. The largest absolute Gasteiger partial charge is 0.480 e. The molecule has 9 N–H and O–H groups in total. The Hall–Kier alpha value is -3.77. The van der Waals surface area contributed by atoms with Gasteiger partial charge in [-0.15, -0.1) is 0 Å². The standard InChI is InChI=1S/C24H37N5O15P2/c1-15-18(12-16-2-4-17(5-3-16)25-19(30)13-21(45(39,40)41)46(42,43)44)29(24(37)38)11-10-27(23(35)36)7-6-26(22(33)34)8-9-28(15)14-20(31)32/h2-5,15,18,21H,6-14H2,1H3,(H,25,30)(H,31,32)(H,33,34)(H,35,36)(H,37,38)(H2,39,40,41)(H2,42,43,44). The number of nitrogens with one attached hydrogen (secondary N) is 1. The number of anilines is 1. The molecule has 1 fully saturated rings. The van der Waals surface area contributed by atoms with E-state index in [1.54, 1.807) is 6.92 Å². The first-order chi connectivity index (χ1) is 21.2. The Kier molecular flexibility index (Phi) is 13.5. The maximum atomic E-state index is 12.4. The monoisotopic (exact) mass is 697 g/mol. The molecule has 0 radical (unpaired) electrons. The lowest BCUT2D eigenvalue weighted by atomic mass is 9.97. The summed E-state index contributed by atoms with van der Waals surface area (Å²) in [6.45, 7) is -0.450. The van der Waals surface area contributed by atoms with Crippen LogP contribution in [-0.4, -0.2) is 153 Å². The van der Waals surface area contributed by atoms with Gasteiger partial charge in [0.25, 0.3) is 0 Å². The average molecular weight is 698 g/mol. The zero-order chi connectivity index (χ0) is 35.0. The van der Waals surface area contributed by atoms with Crippen molar-refractivity contribution in [3.8, 4) is 0 Å². The molecule has 2 unspecified atom stereocenters. The first-order valence-corrected chi connectivity index (χ1v) is 17.0. The SMILES string of the molecule is CC1C(Cc2ccc(NC(=O)CC(P(=O)(O)O)P(=O)(O)O)cc2)N(C(=O)O)CCN(C(=O)O)CCN(C(=O)O)CCN1CC(=O)O. The first kappa shape index (κ1) is 38.4. The van der Waals surface area contributed by atoms with Gasteiger partial charge in [0, 0.05) is 51.0 Å². The molecule has 1 aliphatic heterocycles. The Labute approximate surface area is 262 Å². The quantitative estimate of drug-likeness (QED) is 0.157. The Morgan fingerprint density at radius 2 is 1.26 bits per heavy atom. The summed E-state index contributed by atoms with van der Waals surface area (Å²) in [6.07, 6.45) is -5.40. The molecule has 4 amide bonds. The van der Waals surface area contributed by atoms with Gasteiger partial charge in [0.1, 0.15) is 0 Å². The van der Waals surface area contributed by atoms with Crippen molar-refractivity contribution < 1.29 is 73.1 Å². The summed E-state index contributed by atoms with van der Waals surface area (Å²) in [6, 6.07) is 3.77. The highest BCUT2D eigenvalue weighted by molar-refractivity contribution is 7.70. The fraction of sp³-hybridized carbons (Fsp3) is 0.542. The molecule has 0 aromatic heterocycles. The third-order valence-corrected chi connectivity index (χ3v) is 11.1. The van der Waals surface area contributed by atoms with Crippen LogP contribution in [0.3, 0.4) is 0 Å². The van der Waals surface area contributed by atoms with Crippen LogP contribution < -0.4 is 5.32 Å². The third-order valence-electron chi connectivity index (χ3n) is 7.39. The van der Waals surface area contributed by atoms with E-state index in [1.807, 2.05) is 0 Å². The van der Waals surface area contributed by atoms with Crippen LogP contribution in [0, 0.1) is 0 Å². The number of carboxylic acids is 1. The van der Waals surface area contributed by atoms with E-state index < -0.39 is 75.8 Å². The fourth-order valence-electron chi connectivity index (χ4n) is 4.89. The van der Waals surface area contributed by atoms with Crippen LogP contribution in [0.1, 0.15) is 18.9 Å². The first-order valence-electron chi connectivity index (χ1n) is 13.6. The van der Waals surface area contributed by atoms with Gasteiger partial charge in [-0.25, -0.2) is 14.4 Å². The minimum absolute atomic E-state index is 0.0496. The Morgan fingerprint density at radius 1 is 0.783 bits per heavy atom. The fourth-order valence-corrected chi connectivity index (χ4v) is 7.27. The highest BCUT2D eigenvalue weighted by atomic mass is 31.2. The Bertz CT molecular complexity index is 1350. The molecule has 0 saturated carbocycles. The van der Waals surface area contributed by atoms with E-state index in [9.17, 15) is 73.1 Å². The van der Waals surface area contributed by atoms with Crippen molar-refractivity contribution in [1.82, 2.24) is 19.6 Å². The van der Waals surface area contributed by atoms with Crippen molar-refractivity contribution in [2.45, 2.75) is 37.2 Å². The molecule has 2 rings (SSSR count). The second-order valence-electron chi connectivity index (χ2n) is 10.5. The van der Waals surface area contributed by atoms with Gasteiger partial charge in [0.15, 0.2) is 5.40 Å². The van der Waals surface area contributed by atoms with Crippen LogP contribution in [0.5, 0.6) is 0 Å². The smallest absolute Gasteiger partial charge is 0.407 e. The number of benzene rings is 1. The number of aliphatic carboxylic acids is 1. The summed E-state index contributed by atoms with van der Waals surface area (Å²) in [5.41, 5.74) is 0.540. The van der Waals surface area contributed by atoms with Gasteiger partial charge in [0.2, 0.25) is 5.91 Å². The molecule has 1 heterocycles. The summed E-state index contributed by atoms with van der Waals surface area (Å²) < 4.78 is 23.0. The van der Waals surface area contributed by atoms with Gasteiger partial charge in [-0.2, -0.15) is 0 Å². The predicted octanol–water partition coefficient (Wildman–Crippen LogP) is 0.337. The van der Waals surface area contributed by atoms with Gasteiger partial charge in [-0.3, -0.25) is 23.6 Å². The van der Waals surface area contributed by atoms with E-state index >= 15 is 0 Å². The summed E-state index contributed by atoms with van der Waals surface area (Å²) in [5, 5.41) is 38.6. The zero-order valence-corrected chi connectivity index (χ0v) is 26.3. The van der Waals surface area contributed by atoms with Crippen LogP contribution in [0.4, 0.5) is 20.1 Å². The molecule has 22 heteroatoms. The second-order valence-corrected chi connectivity index (χ2v) is 14.5. The van der Waals surface area contributed by atoms with E-state index in [-0.39, 0.29) is 51.4 Å². The average Bonchev–Trinajstić information content (AvgIpc) is 2.91. The summed E-state index contributed by atoms with van der Waals surface area (Å²) in [4.78, 5) is 101. The molecule has 2 atom stereocenters. The lowest BCUT2D eigenvalue weighted by Crippen LogP contribution is -2.58. The molecule has 0 bridgehead atoms. The zero-order valence-electron chi connectivity index (χ0n) is 24.5. The van der Waals surface area contributed by atoms with Gasteiger partial charge in [-0.1, -0.05) is 12.1 Å². The molecule has 1 aromatic rings. The maximum absolute atomic E-state index is 12.4. The maximum Gasteiger partial charge on any atom is 0.407 e. The number of rotatable bonds is 9. The van der Waals surface area contributed by atoms with Gasteiger partial charge in [0.05, 0.1) is 19.0 Å². The number of carbonyl (C=O) groups excluding carboxylic acids is 1. The van der Waals surface area contributed by atoms with Gasteiger partial charge < -0.3 is 60.0 Å². The van der Waals surface area contributed by atoms with Crippen LogP contribution >= 0.6 is 15.2 Å². The topological polar surface area (TPSA) is 306 Å². The molecular formula is C24H37N5O15P2. The van der Waals surface area contributed by atoms with E-state index in [4.69, 9.17) is 0 Å². The van der Waals surface area contributed by atoms with Crippen molar-refractivity contribution in [3.63, 3.8) is 0 Å². The molecule has 0 aliphatic carbocycles. The molecule has 0 spiro atoms. The van der Waals surface area contributed by atoms with E-state index in [1.165, 1.54) is 29.2 Å². The van der Waals surface area contributed by atoms with Gasteiger partial charge in [-0.05, 0) is 31.0 Å². The second kappa shape index (κ2) is 16.2. The highest BCUT2D eigenvalue weighted by Gasteiger charge is 2.44. The molecule has 46 heavy (non-hydrogen) atoms. The normalized spacial score (nSPS) is 19.2. The molecule has 1 aromatic carbocycles. The minimum Gasteiger partial charge on any atom is -0.480 e. The van der Waals surface area contributed by atoms with Crippen LogP contribution in [0.2, 0.25) is 0 Å². The van der Waals surface area contributed by atoms with Crippen LogP contribution in [-0.2, 0) is 25.1 Å². The lowest BCUT2D eigenvalue weighted by Gasteiger charge is -2.41. The molecule has 1 aliphatic rings. The van der Waals surface area contributed by atoms with E-state index in [0.717, 1.165) is 14.7 Å². The predicted molar refractivity (Wildman–Crippen MR) is 158 cm³/mol. The van der Waals surface area contributed by atoms with E-state index in [0.29, 0.717) is 5.56 Å². The molecular weight excluding hydrogens is 660 g/mol. The number of hydrogen-bond donors (Lipinski definition) is 9. The summed E-state index contributed by atoms with van der Waals surface area (Å²) >= 11 is 0.